The molecule has 3 aromatic rings. The first-order valence-electron chi connectivity index (χ1n) is 8.86. The molecular weight excluding hydrogens is 350 g/mol. The van der Waals surface area contributed by atoms with E-state index in [1.165, 1.54) is 0 Å². The monoisotopic (exact) mass is 367 g/mol. The Balaban J connectivity index is 1.71. The molecule has 0 aromatic heterocycles. The molecule has 4 rings (SSSR count). The van der Waals surface area contributed by atoms with Crippen LogP contribution in [0.2, 0.25) is 0 Å². The molecule has 0 fully saturated rings. The van der Waals surface area contributed by atoms with Crippen molar-refractivity contribution in [1.82, 2.24) is 0 Å². The van der Waals surface area contributed by atoms with E-state index in [9.17, 15) is 14.4 Å². The van der Waals surface area contributed by atoms with Crippen LogP contribution < -0.4 is 5.32 Å². The molecule has 4 nitrogen and oxygen atoms in total. The van der Waals surface area contributed by atoms with Gasteiger partial charge in [-0.15, -0.1) is 0 Å². The van der Waals surface area contributed by atoms with Gasteiger partial charge in [-0.25, -0.2) is 0 Å². The van der Waals surface area contributed by atoms with Gasteiger partial charge < -0.3 is 5.32 Å². The molecule has 0 heterocycles. The first-order chi connectivity index (χ1) is 13.5. The highest BCUT2D eigenvalue weighted by Crippen LogP contribution is 2.32. The molecule has 0 aliphatic heterocycles. The van der Waals surface area contributed by atoms with Crippen molar-refractivity contribution in [2.75, 3.05) is 5.32 Å². The smallest absolute Gasteiger partial charge is 0.255 e. The standard InChI is InChI=1S/C24H17NO3/c1-14(2)15-10-12-16(13-11-15)24(28)25-20-9-5-8-19-21(20)23(27)18-7-4-3-6-17(18)22(19)26/h3-13H,1H2,2H3,(H,25,28). The maximum absolute atomic E-state index is 13.0. The Labute approximate surface area is 162 Å². The van der Waals surface area contributed by atoms with Crippen molar-refractivity contribution in [2.45, 2.75) is 6.92 Å². The Bertz CT molecular complexity index is 1160. The topological polar surface area (TPSA) is 63.2 Å². The number of rotatable bonds is 3. The van der Waals surface area contributed by atoms with Crippen LogP contribution in [-0.4, -0.2) is 17.5 Å². The van der Waals surface area contributed by atoms with Gasteiger partial charge in [0.2, 0.25) is 0 Å². The van der Waals surface area contributed by atoms with Crippen LogP contribution >= 0.6 is 0 Å². The van der Waals surface area contributed by atoms with Crippen molar-refractivity contribution in [3.8, 4) is 0 Å². The molecule has 0 saturated heterocycles. The molecule has 0 atom stereocenters. The minimum atomic E-state index is -0.347. The number of carbonyl (C=O) groups excluding carboxylic acids is 3. The summed E-state index contributed by atoms with van der Waals surface area (Å²) >= 11 is 0. The lowest BCUT2D eigenvalue weighted by Gasteiger charge is -2.20. The lowest BCUT2D eigenvalue weighted by Crippen LogP contribution is -2.23. The van der Waals surface area contributed by atoms with Crippen LogP contribution in [0, 0.1) is 0 Å². The Morgan fingerprint density at radius 2 is 1.32 bits per heavy atom. The second kappa shape index (κ2) is 6.74. The lowest BCUT2D eigenvalue weighted by molar-refractivity contribution is 0.0978. The molecule has 0 unspecified atom stereocenters. The van der Waals surface area contributed by atoms with E-state index in [0.717, 1.165) is 11.1 Å². The van der Waals surface area contributed by atoms with Crippen LogP contribution in [0.25, 0.3) is 5.57 Å². The number of hydrogen-bond acceptors (Lipinski definition) is 3. The summed E-state index contributed by atoms with van der Waals surface area (Å²) in [6.07, 6.45) is 0. The lowest BCUT2D eigenvalue weighted by atomic mass is 9.83. The van der Waals surface area contributed by atoms with E-state index < -0.39 is 0 Å². The number of benzene rings is 3. The molecule has 3 aromatic carbocycles. The normalized spacial score (nSPS) is 12.2. The van der Waals surface area contributed by atoms with Crippen molar-refractivity contribution in [3.05, 3.63) is 107 Å². The molecule has 28 heavy (non-hydrogen) atoms. The molecule has 1 N–H and O–H groups in total. The predicted octanol–water partition coefficient (Wildman–Crippen LogP) is 4.75. The zero-order valence-corrected chi connectivity index (χ0v) is 15.3. The highest BCUT2D eigenvalue weighted by molar-refractivity contribution is 6.30. The number of anilines is 1. The third-order valence-corrected chi connectivity index (χ3v) is 4.84. The molecule has 1 aliphatic rings. The zero-order chi connectivity index (χ0) is 19.8. The van der Waals surface area contributed by atoms with E-state index in [0.29, 0.717) is 27.9 Å². The van der Waals surface area contributed by atoms with Gasteiger partial charge in [0.15, 0.2) is 11.6 Å². The van der Waals surface area contributed by atoms with Gasteiger partial charge in [0, 0.05) is 22.3 Å². The van der Waals surface area contributed by atoms with E-state index >= 15 is 0 Å². The number of fused-ring (bicyclic) bond motifs is 2. The van der Waals surface area contributed by atoms with Crippen LogP contribution in [0.3, 0.4) is 0 Å². The molecule has 0 radical (unpaired) electrons. The molecule has 0 saturated carbocycles. The van der Waals surface area contributed by atoms with Gasteiger partial charge in [-0.1, -0.05) is 60.7 Å². The highest BCUT2D eigenvalue weighted by Gasteiger charge is 2.31. The quantitative estimate of drug-likeness (QED) is 0.568. The number of ketones is 2. The maximum Gasteiger partial charge on any atom is 0.255 e. The SMILES string of the molecule is C=C(C)c1ccc(C(=O)Nc2cccc3c2C(=O)c2ccccc2C3=O)cc1. The summed E-state index contributed by atoms with van der Waals surface area (Å²) in [6, 6.07) is 18.7. The fourth-order valence-electron chi connectivity index (χ4n) is 3.35. The summed E-state index contributed by atoms with van der Waals surface area (Å²) in [5.41, 5.74) is 3.93. The molecule has 1 amide bonds. The van der Waals surface area contributed by atoms with Crippen LogP contribution in [0.15, 0.2) is 73.3 Å². The third kappa shape index (κ3) is 2.85. The summed E-state index contributed by atoms with van der Waals surface area (Å²) in [7, 11) is 0. The van der Waals surface area contributed by atoms with Gasteiger partial charge in [0.1, 0.15) is 0 Å². The molecule has 4 heteroatoms. The van der Waals surface area contributed by atoms with Gasteiger partial charge in [-0.05, 0) is 30.7 Å². The molecule has 0 bridgehead atoms. The third-order valence-electron chi connectivity index (χ3n) is 4.84. The Kier molecular flexibility index (Phi) is 4.24. The summed E-state index contributed by atoms with van der Waals surface area (Å²) in [4.78, 5) is 38.5. The van der Waals surface area contributed by atoms with Crippen LogP contribution in [0.1, 0.15) is 54.7 Å². The molecule has 1 aliphatic carbocycles. The first kappa shape index (κ1) is 17.6. The summed E-state index contributed by atoms with van der Waals surface area (Å²) in [5, 5.41) is 2.78. The van der Waals surface area contributed by atoms with E-state index in [2.05, 4.69) is 11.9 Å². The predicted molar refractivity (Wildman–Crippen MR) is 109 cm³/mol. The zero-order valence-electron chi connectivity index (χ0n) is 15.3. The molecule has 136 valence electrons. The van der Waals surface area contributed by atoms with Crippen molar-refractivity contribution in [3.63, 3.8) is 0 Å². The Morgan fingerprint density at radius 1 is 0.750 bits per heavy atom. The molecule has 0 spiro atoms. The fourth-order valence-corrected chi connectivity index (χ4v) is 3.35. The number of amides is 1. The minimum Gasteiger partial charge on any atom is -0.321 e. The van der Waals surface area contributed by atoms with Crippen molar-refractivity contribution < 1.29 is 14.4 Å². The van der Waals surface area contributed by atoms with Crippen molar-refractivity contribution in [1.29, 1.82) is 0 Å². The molecular formula is C24H17NO3. The first-order valence-corrected chi connectivity index (χ1v) is 8.86. The van der Waals surface area contributed by atoms with E-state index in [4.69, 9.17) is 0 Å². The van der Waals surface area contributed by atoms with Gasteiger partial charge in [0.05, 0.1) is 11.3 Å². The van der Waals surface area contributed by atoms with E-state index in [1.807, 2.05) is 19.1 Å². The Morgan fingerprint density at radius 3 is 1.96 bits per heavy atom. The average molecular weight is 367 g/mol. The Hall–Kier alpha value is -3.79. The van der Waals surface area contributed by atoms with Crippen LogP contribution in [0.5, 0.6) is 0 Å². The van der Waals surface area contributed by atoms with Crippen molar-refractivity contribution in [2.24, 2.45) is 0 Å². The highest BCUT2D eigenvalue weighted by atomic mass is 16.2. The van der Waals surface area contributed by atoms with Gasteiger partial charge in [-0.3, -0.25) is 14.4 Å². The number of allylic oxidation sites excluding steroid dienone is 1. The van der Waals surface area contributed by atoms with Gasteiger partial charge >= 0.3 is 0 Å². The average Bonchev–Trinajstić information content (AvgIpc) is 2.72. The second-order valence-electron chi connectivity index (χ2n) is 6.74. The fraction of sp³-hybridized carbons (Fsp3) is 0.0417. The van der Waals surface area contributed by atoms with Gasteiger partial charge in [-0.2, -0.15) is 0 Å². The number of nitrogens with one attached hydrogen (secondary N) is 1. The minimum absolute atomic E-state index is 0.216. The second-order valence-corrected chi connectivity index (χ2v) is 6.74. The van der Waals surface area contributed by atoms with Crippen LogP contribution in [-0.2, 0) is 0 Å². The number of carbonyl (C=O) groups is 3. The number of hydrogen-bond donors (Lipinski definition) is 1. The van der Waals surface area contributed by atoms with Crippen LogP contribution in [0.4, 0.5) is 5.69 Å². The van der Waals surface area contributed by atoms with Crippen molar-refractivity contribution >= 4 is 28.7 Å². The summed E-state index contributed by atoms with van der Waals surface area (Å²) in [5.74, 6) is -0.827. The summed E-state index contributed by atoms with van der Waals surface area (Å²) < 4.78 is 0. The largest absolute Gasteiger partial charge is 0.321 e. The van der Waals surface area contributed by atoms with E-state index in [-0.39, 0.29) is 23.0 Å². The van der Waals surface area contributed by atoms with E-state index in [1.54, 1.807) is 54.6 Å². The van der Waals surface area contributed by atoms with Gasteiger partial charge in [0.25, 0.3) is 5.91 Å². The summed E-state index contributed by atoms with van der Waals surface area (Å²) in [6.45, 7) is 5.77. The maximum atomic E-state index is 13.0.